The number of nitrogens with zero attached hydrogens (tertiary/aromatic N) is 1. The second-order valence-electron chi connectivity index (χ2n) is 7.01. The van der Waals surface area contributed by atoms with Crippen molar-refractivity contribution in [1.82, 2.24) is 5.48 Å². The molecule has 1 fully saturated rings. The average Bonchev–Trinajstić information content (AvgIpc) is 3.03. The van der Waals surface area contributed by atoms with Crippen LogP contribution in [0.3, 0.4) is 0 Å². The molecular weight excluding hydrogens is 412 g/mol. The van der Waals surface area contributed by atoms with Gasteiger partial charge in [0.25, 0.3) is 5.91 Å². The van der Waals surface area contributed by atoms with Crippen LogP contribution in [-0.4, -0.2) is 60.5 Å². The average molecular weight is 434 g/mol. The Bertz CT molecular complexity index is 1040. The van der Waals surface area contributed by atoms with Crippen molar-refractivity contribution in [1.29, 1.82) is 0 Å². The molecule has 1 heterocycles. The molecule has 0 bridgehead atoms. The van der Waals surface area contributed by atoms with Gasteiger partial charge in [0, 0.05) is 23.9 Å². The van der Waals surface area contributed by atoms with Gasteiger partial charge in [0.05, 0.1) is 6.54 Å². The first kappa shape index (κ1) is 23.2. The summed E-state index contributed by atoms with van der Waals surface area (Å²) in [5, 5.41) is 18.0. The number of ether oxygens (including phenoxy) is 1. The lowest BCUT2D eigenvalue weighted by Crippen LogP contribution is -2.51. The molecule has 0 radical (unpaired) electrons. The maximum absolute atomic E-state index is 12.3. The molecule has 10 heteroatoms. The predicted octanol–water partition coefficient (Wildman–Crippen LogP) is 0.446. The number of nitrogens with one attached hydrogen (secondary N) is 1. The highest BCUT2D eigenvalue weighted by Gasteiger charge is 2.48. The highest BCUT2D eigenvalue weighted by atomic mass is 32.2. The summed E-state index contributed by atoms with van der Waals surface area (Å²) in [6.07, 6.45) is -1.75. The van der Waals surface area contributed by atoms with Gasteiger partial charge in [-0.1, -0.05) is 11.8 Å². The van der Waals surface area contributed by atoms with Gasteiger partial charge in [-0.3, -0.25) is 14.9 Å². The Morgan fingerprint density at radius 3 is 2.53 bits per heavy atom. The van der Waals surface area contributed by atoms with Crippen LogP contribution in [0.2, 0.25) is 0 Å². The minimum Gasteiger partial charge on any atom is -0.444 e. The summed E-state index contributed by atoms with van der Waals surface area (Å²) in [5.41, 5.74) is 2.52. The zero-order chi connectivity index (χ0) is 22.5. The lowest BCUT2D eigenvalue weighted by atomic mass is 10.0. The Morgan fingerprint density at radius 1 is 1.37 bits per heavy atom. The molecule has 1 unspecified atom stereocenters. The van der Waals surface area contributed by atoms with E-state index in [1.165, 1.54) is 17.3 Å². The molecule has 0 spiro atoms. The number of benzene rings is 1. The fraction of sp³-hybridized carbons (Fsp3) is 0.400. The summed E-state index contributed by atoms with van der Waals surface area (Å²) in [6, 6.07) is 6.64. The van der Waals surface area contributed by atoms with Gasteiger partial charge in [-0.2, -0.15) is 0 Å². The quantitative estimate of drug-likeness (QED) is 0.348. The zero-order valence-electron chi connectivity index (χ0n) is 16.7. The van der Waals surface area contributed by atoms with E-state index in [2.05, 4.69) is 23.7 Å². The van der Waals surface area contributed by atoms with Gasteiger partial charge in [0.15, 0.2) is 14.6 Å². The van der Waals surface area contributed by atoms with Crippen LogP contribution >= 0.6 is 0 Å². The molecule has 1 aromatic carbocycles. The van der Waals surface area contributed by atoms with Crippen molar-refractivity contribution in [2.24, 2.45) is 0 Å². The predicted molar refractivity (Wildman–Crippen MR) is 108 cm³/mol. The molecular formula is C20H22N2O7S. The molecule has 1 aliphatic rings. The van der Waals surface area contributed by atoms with E-state index in [4.69, 9.17) is 15.1 Å². The number of anilines is 1. The fourth-order valence-corrected chi connectivity index (χ4v) is 3.64. The third-order valence-electron chi connectivity index (χ3n) is 4.62. The molecule has 1 aliphatic heterocycles. The third kappa shape index (κ3) is 5.30. The first-order valence-electron chi connectivity index (χ1n) is 8.90. The van der Waals surface area contributed by atoms with Gasteiger partial charge < -0.3 is 9.84 Å². The highest BCUT2D eigenvalue weighted by Crippen LogP contribution is 2.30. The first-order valence-corrected chi connectivity index (χ1v) is 10.8. The van der Waals surface area contributed by atoms with E-state index in [0.717, 1.165) is 13.2 Å². The molecule has 0 aliphatic carbocycles. The minimum atomic E-state index is -3.91. The maximum atomic E-state index is 12.3. The number of hydrogen-bond donors (Lipinski definition) is 3. The SMILES string of the molecule is CC(O)C#CC#Cc1ccc(N2C[C@H](C[C@](C)(C(=O)NO)S(C)(=O)=O)OC2=O)cc1. The van der Waals surface area contributed by atoms with E-state index in [-0.39, 0.29) is 13.0 Å². The lowest BCUT2D eigenvalue weighted by molar-refractivity contribution is -0.132. The van der Waals surface area contributed by atoms with Gasteiger partial charge in [-0.15, -0.1) is 0 Å². The molecule has 1 aromatic rings. The Kier molecular flexibility index (Phi) is 7.11. The molecule has 9 nitrogen and oxygen atoms in total. The number of aliphatic hydroxyl groups excluding tert-OH is 1. The molecule has 2 rings (SSSR count). The summed E-state index contributed by atoms with van der Waals surface area (Å²) in [4.78, 5) is 25.5. The largest absolute Gasteiger partial charge is 0.444 e. The molecule has 3 N–H and O–H groups in total. The molecule has 0 saturated carbocycles. The van der Waals surface area contributed by atoms with Crippen molar-refractivity contribution in [3.63, 3.8) is 0 Å². The van der Waals surface area contributed by atoms with Crippen LogP contribution in [-0.2, 0) is 19.4 Å². The van der Waals surface area contributed by atoms with E-state index in [1.807, 2.05) is 0 Å². The number of sulfone groups is 1. The van der Waals surface area contributed by atoms with Crippen molar-refractivity contribution >= 4 is 27.5 Å². The van der Waals surface area contributed by atoms with Gasteiger partial charge in [0.2, 0.25) is 0 Å². The Labute approximate surface area is 174 Å². The fourth-order valence-electron chi connectivity index (χ4n) is 2.77. The number of carbonyl (C=O) groups is 2. The van der Waals surface area contributed by atoms with Crippen LogP contribution in [0, 0.1) is 23.7 Å². The molecule has 0 aromatic heterocycles. The number of aliphatic hydroxyl groups is 1. The lowest BCUT2D eigenvalue weighted by Gasteiger charge is -2.26. The van der Waals surface area contributed by atoms with E-state index in [9.17, 15) is 18.0 Å². The molecule has 1 saturated heterocycles. The molecule has 160 valence electrons. The van der Waals surface area contributed by atoms with Crippen molar-refractivity contribution in [3.05, 3.63) is 29.8 Å². The smallest absolute Gasteiger partial charge is 0.414 e. The van der Waals surface area contributed by atoms with Gasteiger partial charge in [-0.25, -0.2) is 18.7 Å². The second-order valence-corrected chi connectivity index (χ2v) is 9.45. The highest BCUT2D eigenvalue weighted by molar-refractivity contribution is 7.92. The normalized spacial score (nSPS) is 18.8. The topological polar surface area (TPSA) is 133 Å². The second kappa shape index (κ2) is 9.18. The molecule has 2 amide bonds. The van der Waals surface area contributed by atoms with Crippen molar-refractivity contribution in [2.45, 2.75) is 37.2 Å². The summed E-state index contributed by atoms with van der Waals surface area (Å²) < 4.78 is 27.5. The van der Waals surface area contributed by atoms with E-state index >= 15 is 0 Å². The van der Waals surface area contributed by atoms with Crippen LogP contribution < -0.4 is 10.4 Å². The third-order valence-corrected chi connectivity index (χ3v) is 6.61. The summed E-state index contributed by atoms with van der Waals surface area (Å²) in [5.74, 6) is 9.32. The van der Waals surface area contributed by atoms with Crippen LogP contribution in [0.5, 0.6) is 0 Å². The number of rotatable bonds is 5. The van der Waals surface area contributed by atoms with Crippen LogP contribution in [0.25, 0.3) is 0 Å². The number of hydrogen-bond acceptors (Lipinski definition) is 7. The molecule has 30 heavy (non-hydrogen) atoms. The van der Waals surface area contributed by atoms with E-state index in [0.29, 0.717) is 11.3 Å². The van der Waals surface area contributed by atoms with Gasteiger partial charge >= 0.3 is 6.09 Å². The standard InChI is InChI=1S/C20H22N2O7S/c1-14(23)6-4-5-7-15-8-10-16(11-9-15)22-13-17(29-19(22)25)12-20(2,18(24)21-26)30(3,27)28/h8-11,14,17,23,26H,12-13H2,1-3H3,(H,21,24)/t14?,17-,20+/m0/s1. The summed E-state index contributed by atoms with van der Waals surface area (Å²) in [7, 11) is -3.91. The number of hydroxylamine groups is 1. The Balaban J connectivity index is 2.14. The minimum absolute atomic E-state index is 0.0353. The Morgan fingerprint density at radius 2 is 2.00 bits per heavy atom. The van der Waals surface area contributed by atoms with Crippen molar-refractivity contribution in [2.75, 3.05) is 17.7 Å². The Hall–Kier alpha value is -3.05. The van der Waals surface area contributed by atoms with Crippen molar-refractivity contribution < 1.29 is 33.1 Å². The van der Waals surface area contributed by atoms with Gasteiger partial charge in [-0.05, 0) is 50.0 Å². The summed E-state index contributed by atoms with van der Waals surface area (Å²) >= 11 is 0. The van der Waals surface area contributed by atoms with Crippen LogP contribution in [0.15, 0.2) is 24.3 Å². The zero-order valence-corrected chi connectivity index (χ0v) is 17.5. The number of cyclic esters (lactones) is 1. The van der Waals surface area contributed by atoms with Gasteiger partial charge in [0.1, 0.15) is 12.2 Å². The maximum Gasteiger partial charge on any atom is 0.414 e. The first-order chi connectivity index (χ1) is 14.0. The summed E-state index contributed by atoms with van der Waals surface area (Å²) in [6.45, 7) is 2.73. The number of amides is 2. The molecule has 3 atom stereocenters. The van der Waals surface area contributed by atoms with Crippen molar-refractivity contribution in [3.8, 4) is 23.7 Å². The monoisotopic (exact) mass is 434 g/mol. The van der Waals surface area contributed by atoms with E-state index in [1.54, 1.807) is 24.3 Å². The van der Waals surface area contributed by atoms with E-state index < -0.39 is 38.8 Å². The van der Waals surface area contributed by atoms with Crippen LogP contribution in [0.1, 0.15) is 25.8 Å². The number of carbonyl (C=O) groups excluding carboxylic acids is 2. The van der Waals surface area contributed by atoms with Crippen LogP contribution in [0.4, 0.5) is 10.5 Å².